The Morgan fingerprint density at radius 3 is 2.56 bits per heavy atom. The summed E-state index contributed by atoms with van der Waals surface area (Å²) in [5.74, 6) is -0.253. The molecule has 0 amide bonds. The molecule has 92 valence electrons. The maximum Gasteiger partial charge on any atom is 0.302 e. The van der Waals surface area contributed by atoms with E-state index in [1.807, 2.05) is 12.1 Å². The van der Waals surface area contributed by atoms with Crippen LogP contribution in [0.15, 0.2) is 18.3 Å². The van der Waals surface area contributed by atoms with E-state index in [4.69, 9.17) is 10.5 Å². The van der Waals surface area contributed by atoms with Gasteiger partial charge in [0.2, 0.25) is 0 Å². The van der Waals surface area contributed by atoms with Crippen molar-refractivity contribution in [3.8, 4) is 0 Å². The number of halogens is 2. The number of esters is 1. The predicted octanol–water partition coefficient (Wildman–Crippen LogP) is 1.49. The SMILES string of the molecule is CC(=O)OCCc1ccc(CN)nc1.Cl.Cl. The number of carbonyl (C=O) groups is 1. The number of nitrogens with two attached hydrogens (primary N) is 1. The van der Waals surface area contributed by atoms with Gasteiger partial charge in [-0.1, -0.05) is 6.07 Å². The molecule has 2 N–H and O–H groups in total. The van der Waals surface area contributed by atoms with E-state index in [0.717, 1.165) is 11.3 Å². The highest BCUT2D eigenvalue weighted by Crippen LogP contribution is 2.00. The normalized spacial score (nSPS) is 8.62. The molecule has 0 atom stereocenters. The van der Waals surface area contributed by atoms with Crippen molar-refractivity contribution in [3.63, 3.8) is 0 Å². The zero-order valence-electron chi connectivity index (χ0n) is 9.01. The molecule has 0 saturated heterocycles. The first-order valence-electron chi connectivity index (χ1n) is 4.49. The smallest absolute Gasteiger partial charge is 0.302 e. The Balaban J connectivity index is 0. The lowest BCUT2D eigenvalue weighted by Gasteiger charge is -2.02. The third-order valence-electron chi connectivity index (χ3n) is 1.79. The second-order valence-electron chi connectivity index (χ2n) is 2.95. The first-order valence-corrected chi connectivity index (χ1v) is 4.49. The first kappa shape index (κ1) is 17.6. The third kappa shape index (κ3) is 6.61. The minimum atomic E-state index is -0.253. The van der Waals surface area contributed by atoms with Crippen molar-refractivity contribution in [2.24, 2.45) is 5.73 Å². The molecule has 1 rings (SSSR count). The summed E-state index contributed by atoms with van der Waals surface area (Å²) >= 11 is 0. The van der Waals surface area contributed by atoms with E-state index < -0.39 is 0 Å². The molecule has 0 aliphatic carbocycles. The maximum absolute atomic E-state index is 10.5. The van der Waals surface area contributed by atoms with Crippen LogP contribution >= 0.6 is 24.8 Å². The molecule has 0 aliphatic heterocycles. The number of ether oxygens (including phenoxy) is 1. The molecule has 16 heavy (non-hydrogen) atoms. The van der Waals surface area contributed by atoms with E-state index in [9.17, 15) is 4.79 Å². The van der Waals surface area contributed by atoms with Crippen molar-refractivity contribution in [1.29, 1.82) is 0 Å². The van der Waals surface area contributed by atoms with Gasteiger partial charge in [0.05, 0.1) is 12.3 Å². The van der Waals surface area contributed by atoms with E-state index in [1.54, 1.807) is 6.20 Å². The summed E-state index contributed by atoms with van der Waals surface area (Å²) in [6, 6.07) is 3.82. The molecule has 6 heteroatoms. The van der Waals surface area contributed by atoms with E-state index >= 15 is 0 Å². The second kappa shape index (κ2) is 9.39. The van der Waals surface area contributed by atoms with Crippen LogP contribution in [0.1, 0.15) is 18.2 Å². The molecule has 0 spiro atoms. The number of hydrogen-bond acceptors (Lipinski definition) is 4. The lowest BCUT2D eigenvalue weighted by atomic mass is 10.2. The Morgan fingerprint density at radius 1 is 1.44 bits per heavy atom. The molecule has 4 nitrogen and oxygen atoms in total. The van der Waals surface area contributed by atoms with Crippen LogP contribution in [0.25, 0.3) is 0 Å². The van der Waals surface area contributed by atoms with Gasteiger partial charge in [-0.3, -0.25) is 9.78 Å². The van der Waals surface area contributed by atoms with Gasteiger partial charge in [0, 0.05) is 26.1 Å². The Hall–Kier alpha value is -0.840. The molecule has 1 heterocycles. The van der Waals surface area contributed by atoms with Crippen molar-refractivity contribution in [1.82, 2.24) is 4.98 Å². The number of hydrogen-bond donors (Lipinski definition) is 1. The number of nitrogens with zero attached hydrogens (tertiary/aromatic N) is 1. The van der Waals surface area contributed by atoms with Crippen LogP contribution in [0.4, 0.5) is 0 Å². The fraction of sp³-hybridized carbons (Fsp3) is 0.400. The van der Waals surface area contributed by atoms with Gasteiger partial charge in [-0.05, 0) is 11.6 Å². The van der Waals surface area contributed by atoms with Gasteiger partial charge in [-0.2, -0.15) is 0 Å². The number of rotatable bonds is 4. The standard InChI is InChI=1S/C10H14N2O2.2ClH/c1-8(13)14-5-4-9-2-3-10(6-11)12-7-9;;/h2-3,7H,4-6,11H2,1H3;2*1H. The Bertz CT molecular complexity index is 304. The van der Waals surface area contributed by atoms with Gasteiger partial charge in [0.15, 0.2) is 0 Å². The third-order valence-corrected chi connectivity index (χ3v) is 1.79. The monoisotopic (exact) mass is 266 g/mol. The number of pyridine rings is 1. The molecule has 0 radical (unpaired) electrons. The summed E-state index contributed by atoms with van der Waals surface area (Å²) in [5.41, 5.74) is 7.32. The van der Waals surface area contributed by atoms with Crippen molar-refractivity contribution >= 4 is 30.8 Å². The van der Waals surface area contributed by atoms with Crippen LogP contribution in [-0.4, -0.2) is 17.6 Å². The Kier molecular flexibility index (Phi) is 10.3. The fourth-order valence-electron chi connectivity index (χ4n) is 1.04. The van der Waals surface area contributed by atoms with Gasteiger partial charge in [0.1, 0.15) is 0 Å². The molecule has 0 aliphatic rings. The van der Waals surface area contributed by atoms with Gasteiger partial charge >= 0.3 is 5.97 Å². The van der Waals surface area contributed by atoms with Crippen molar-refractivity contribution in [3.05, 3.63) is 29.6 Å². The summed E-state index contributed by atoms with van der Waals surface area (Å²) in [5, 5.41) is 0. The van der Waals surface area contributed by atoms with Crippen LogP contribution < -0.4 is 5.73 Å². The van der Waals surface area contributed by atoms with Crippen LogP contribution in [0.5, 0.6) is 0 Å². The quantitative estimate of drug-likeness (QED) is 0.839. The predicted molar refractivity (Wildman–Crippen MR) is 67.0 cm³/mol. The summed E-state index contributed by atoms with van der Waals surface area (Å²) in [4.78, 5) is 14.6. The zero-order valence-corrected chi connectivity index (χ0v) is 10.6. The maximum atomic E-state index is 10.5. The summed E-state index contributed by atoms with van der Waals surface area (Å²) in [6.45, 7) is 2.25. The molecule has 0 fully saturated rings. The van der Waals surface area contributed by atoms with Crippen molar-refractivity contribution in [2.75, 3.05) is 6.61 Å². The molecule has 0 saturated carbocycles. The largest absolute Gasteiger partial charge is 0.466 e. The minimum Gasteiger partial charge on any atom is -0.466 e. The highest BCUT2D eigenvalue weighted by molar-refractivity contribution is 5.85. The van der Waals surface area contributed by atoms with E-state index in [0.29, 0.717) is 19.6 Å². The lowest BCUT2D eigenvalue weighted by molar-refractivity contribution is -0.140. The first-order chi connectivity index (χ1) is 6.72. The Labute approximate surface area is 107 Å². The minimum absolute atomic E-state index is 0. The number of carbonyl (C=O) groups excluding carboxylic acids is 1. The second-order valence-corrected chi connectivity index (χ2v) is 2.95. The van der Waals surface area contributed by atoms with Crippen LogP contribution in [-0.2, 0) is 22.5 Å². The average molecular weight is 267 g/mol. The zero-order chi connectivity index (χ0) is 10.4. The summed E-state index contributed by atoms with van der Waals surface area (Å²) in [6.07, 6.45) is 2.45. The lowest BCUT2D eigenvalue weighted by Crippen LogP contribution is -2.04. The van der Waals surface area contributed by atoms with Gasteiger partial charge in [-0.25, -0.2) is 0 Å². The van der Waals surface area contributed by atoms with Gasteiger partial charge in [-0.15, -0.1) is 24.8 Å². The average Bonchev–Trinajstić information content (AvgIpc) is 2.18. The highest BCUT2D eigenvalue weighted by atomic mass is 35.5. The molecule has 1 aromatic heterocycles. The van der Waals surface area contributed by atoms with Crippen LogP contribution in [0, 0.1) is 0 Å². The van der Waals surface area contributed by atoms with Crippen LogP contribution in [0.2, 0.25) is 0 Å². The molecule has 0 aromatic carbocycles. The van der Waals surface area contributed by atoms with E-state index in [2.05, 4.69) is 4.98 Å². The topological polar surface area (TPSA) is 65.2 Å². The fourth-order valence-corrected chi connectivity index (χ4v) is 1.04. The summed E-state index contributed by atoms with van der Waals surface area (Å²) in [7, 11) is 0. The van der Waals surface area contributed by atoms with E-state index in [-0.39, 0.29) is 30.8 Å². The number of aromatic nitrogens is 1. The molecule has 0 unspecified atom stereocenters. The molecule has 0 bridgehead atoms. The summed E-state index contributed by atoms with van der Waals surface area (Å²) < 4.78 is 4.81. The van der Waals surface area contributed by atoms with Gasteiger partial charge in [0.25, 0.3) is 0 Å². The molecular weight excluding hydrogens is 251 g/mol. The molecular formula is C10H16Cl2N2O2. The van der Waals surface area contributed by atoms with Crippen molar-refractivity contribution < 1.29 is 9.53 Å². The van der Waals surface area contributed by atoms with Gasteiger partial charge < -0.3 is 10.5 Å². The molecule has 1 aromatic rings. The van der Waals surface area contributed by atoms with Crippen LogP contribution in [0.3, 0.4) is 0 Å². The highest BCUT2D eigenvalue weighted by Gasteiger charge is 1.96. The van der Waals surface area contributed by atoms with E-state index in [1.165, 1.54) is 6.92 Å². The van der Waals surface area contributed by atoms with Crippen molar-refractivity contribution in [2.45, 2.75) is 19.9 Å². The Morgan fingerprint density at radius 2 is 2.12 bits per heavy atom.